The largest absolute Gasteiger partial charge is 0.340 e. The fourth-order valence-electron chi connectivity index (χ4n) is 2.14. The first kappa shape index (κ1) is 11.0. The molecule has 0 radical (unpaired) electrons. The number of aromatic nitrogens is 4. The molecular formula is C13H13FN4. The van der Waals surface area contributed by atoms with Crippen LogP contribution in [0.25, 0.3) is 10.9 Å². The van der Waals surface area contributed by atoms with Gasteiger partial charge in [0.2, 0.25) is 0 Å². The van der Waals surface area contributed by atoms with Gasteiger partial charge in [0, 0.05) is 23.6 Å². The molecule has 0 atom stereocenters. The molecule has 1 aromatic carbocycles. The van der Waals surface area contributed by atoms with Gasteiger partial charge in [-0.05, 0) is 31.2 Å². The topological polar surface area (TPSA) is 35.6 Å². The minimum absolute atomic E-state index is 0.211. The van der Waals surface area contributed by atoms with Crippen molar-refractivity contribution in [3.8, 4) is 0 Å². The summed E-state index contributed by atoms with van der Waals surface area (Å²) in [5.74, 6) is 0.691. The summed E-state index contributed by atoms with van der Waals surface area (Å²) >= 11 is 0. The highest BCUT2D eigenvalue weighted by Crippen LogP contribution is 2.17. The second-order valence-corrected chi connectivity index (χ2v) is 4.14. The summed E-state index contributed by atoms with van der Waals surface area (Å²) in [7, 11) is 0. The second-order valence-electron chi connectivity index (χ2n) is 4.14. The van der Waals surface area contributed by atoms with E-state index in [-0.39, 0.29) is 5.82 Å². The molecule has 0 saturated heterocycles. The van der Waals surface area contributed by atoms with E-state index in [0.29, 0.717) is 6.54 Å². The fraction of sp³-hybridized carbons (Fsp3) is 0.231. The van der Waals surface area contributed by atoms with E-state index in [4.69, 9.17) is 0 Å². The van der Waals surface area contributed by atoms with Gasteiger partial charge in [-0.2, -0.15) is 5.10 Å². The zero-order valence-electron chi connectivity index (χ0n) is 10.0. The Labute approximate surface area is 104 Å². The molecule has 5 heteroatoms. The van der Waals surface area contributed by atoms with Gasteiger partial charge in [0.25, 0.3) is 0 Å². The Hall–Kier alpha value is -2.17. The van der Waals surface area contributed by atoms with Crippen molar-refractivity contribution in [2.24, 2.45) is 0 Å². The molecule has 0 saturated carbocycles. The zero-order chi connectivity index (χ0) is 12.5. The lowest BCUT2D eigenvalue weighted by Gasteiger charge is -2.06. The number of hydrogen-bond donors (Lipinski definition) is 0. The molecule has 0 spiro atoms. The molecule has 0 aliphatic heterocycles. The number of fused-ring (bicyclic) bond motifs is 1. The van der Waals surface area contributed by atoms with Gasteiger partial charge in [-0.25, -0.2) is 14.1 Å². The molecule has 0 unspecified atom stereocenters. The summed E-state index contributed by atoms with van der Waals surface area (Å²) in [6.07, 6.45) is 3.50. The van der Waals surface area contributed by atoms with Gasteiger partial charge in [0.15, 0.2) is 0 Å². The average molecular weight is 244 g/mol. The van der Waals surface area contributed by atoms with Crippen molar-refractivity contribution in [2.75, 3.05) is 0 Å². The number of benzene rings is 1. The van der Waals surface area contributed by atoms with E-state index in [1.807, 2.05) is 28.4 Å². The molecule has 92 valence electrons. The predicted molar refractivity (Wildman–Crippen MR) is 66.7 cm³/mol. The van der Waals surface area contributed by atoms with Gasteiger partial charge < -0.3 is 4.57 Å². The normalized spacial score (nSPS) is 11.2. The highest BCUT2D eigenvalue weighted by atomic mass is 19.1. The Morgan fingerprint density at radius 3 is 3.00 bits per heavy atom. The van der Waals surface area contributed by atoms with Crippen LogP contribution in [0, 0.1) is 5.82 Å². The number of halogens is 1. The number of rotatable bonds is 3. The second kappa shape index (κ2) is 4.25. The van der Waals surface area contributed by atoms with Gasteiger partial charge in [0.1, 0.15) is 18.0 Å². The van der Waals surface area contributed by atoms with Crippen LogP contribution in [0.5, 0.6) is 0 Å². The van der Waals surface area contributed by atoms with Crippen LogP contribution in [-0.4, -0.2) is 19.3 Å². The van der Waals surface area contributed by atoms with Crippen LogP contribution in [0.2, 0.25) is 0 Å². The Morgan fingerprint density at radius 1 is 1.28 bits per heavy atom. The van der Waals surface area contributed by atoms with Crippen LogP contribution in [0.15, 0.2) is 36.8 Å². The molecule has 3 aromatic rings. The van der Waals surface area contributed by atoms with Crippen molar-refractivity contribution in [3.63, 3.8) is 0 Å². The van der Waals surface area contributed by atoms with Gasteiger partial charge in [-0.3, -0.25) is 0 Å². The standard InChI is InChI=1S/C13H13FN4/c1-2-18-13(15-9-16-18)8-17-6-5-10-7-11(14)3-4-12(10)17/h3-7,9H,2,8H2,1H3. The molecule has 0 fully saturated rings. The maximum absolute atomic E-state index is 13.1. The first-order valence-corrected chi connectivity index (χ1v) is 5.89. The number of aryl methyl sites for hydroxylation is 1. The third-order valence-electron chi connectivity index (χ3n) is 3.04. The first-order valence-electron chi connectivity index (χ1n) is 5.89. The lowest BCUT2D eigenvalue weighted by atomic mass is 10.2. The van der Waals surface area contributed by atoms with E-state index in [1.165, 1.54) is 12.1 Å². The van der Waals surface area contributed by atoms with E-state index >= 15 is 0 Å². The third-order valence-corrected chi connectivity index (χ3v) is 3.04. The molecule has 18 heavy (non-hydrogen) atoms. The Bertz CT molecular complexity index is 683. The van der Waals surface area contributed by atoms with Crippen LogP contribution in [0.3, 0.4) is 0 Å². The minimum atomic E-state index is -0.211. The van der Waals surface area contributed by atoms with Crippen LogP contribution in [0.1, 0.15) is 12.7 Å². The predicted octanol–water partition coefficient (Wildman–Crippen LogP) is 2.44. The smallest absolute Gasteiger partial charge is 0.146 e. The summed E-state index contributed by atoms with van der Waals surface area (Å²) < 4.78 is 17.0. The van der Waals surface area contributed by atoms with Gasteiger partial charge in [0.05, 0.1) is 6.54 Å². The fourth-order valence-corrected chi connectivity index (χ4v) is 2.14. The summed E-state index contributed by atoms with van der Waals surface area (Å²) in [5, 5.41) is 5.04. The van der Waals surface area contributed by atoms with Crippen molar-refractivity contribution in [2.45, 2.75) is 20.0 Å². The lowest BCUT2D eigenvalue weighted by molar-refractivity contribution is 0.597. The maximum atomic E-state index is 13.1. The summed E-state index contributed by atoms with van der Waals surface area (Å²) in [5.41, 5.74) is 1.00. The highest BCUT2D eigenvalue weighted by molar-refractivity contribution is 5.80. The Kier molecular flexibility index (Phi) is 2.59. The molecule has 2 heterocycles. The molecule has 3 rings (SSSR count). The third kappa shape index (κ3) is 1.77. The molecule has 0 N–H and O–H groups in total. The van der Waals surface area contributed by atoms with Crippen LogP contribution < -0.4 is 0 Å². The van der Waals surface area contributed by atoms with E-state index in [9.17, 15) is 4.39 Å². The summed E-state index contributed by atoms with van der Waals surface area (Å²) in [6.45, 7) is 3.47. The molecule has 0 aliphatic rings. The molecule has 0 amide bonds. The van der Waals surface area contributed by atoms with Gasteiger partial charge in [-0.15, -0.1) is 0 Å². The van der Waals surface area contributed by atoms with E-state index in [1.54, 1.807) is 12.4 Å². The minimum Gasteiger partial charge on any atom is -0.340 e. The van der Waals surface area contributed by atoms with Crippen LogP contribution >= 0.6 is 0 Å². The van der Waals surface area contributed by atoms with E-state index < -0.39 is 0 Å². The zero-order valence-corrected chi connectivity index (χ0v) is 10.0. The molecule has 0 aliphatic carbocycles. The van der Waals surface area contributed by atoms with Crippen molar-refractivity contribution >= 4 is 10.9 Å². The Morgan fingerprint density at radius 2 is 2.17 bits per heavy atom. The van der Waals surface area contributed by atoms with Gasteiger partial charge >= 0.3 is 0 Å². The Balaban J connectivity index is 2.00. The molecular weight excluding hydrogens is 231 g/mol. The molecule has 4 nitrogen and oxygen atoms in total. The van der Waals surface area contributed by atoms with E-state index in [2.05, 4.69) is 10.1 Å². The quantitative estimate of drug-likeness (QED) is 0.709. The summed E-state index contributed by atoms with van der Waals surface area (Å²) in [4.78, 5) is 4.24. The number of hydrogen-bond acceptors (Lipinski definition) is 2. The van der Waals surface area contributed by atoms with Crippen LogP contribution in [0.4, 0.5) is 4.39 Å². The number of nitrogens with zero attached hydrogens (tertiary/aromatic N) is 4. The van der Waals surface area contributed by atoms with Crippen molar-refractivity contribution in [3.05, 3.63) is 48.4 Å². The van der Waals surface area contributed by atoms with E-state index in [0.717, 1.165) is 23.3 Å². The molecule has 0 bridgehead atoms. The molecule has 2 aromatic heterocycles. The first-order chi connectivity index (χ1) is 8.78. The van der Waals surface area contributed by atoms with Crippen molar-refractivity contribution in [1.82, 2.24) is 19.3 Å². The lowest BCUT2D eigenvalue weighted by Crippen LogP contribution is -2.08. The van der Waals surface area contributed by atoms with Crippen molar-refractivity contribution < 1.29 is 4.39 Å². The monoisotopic (exact) mass is 244 g/mol. The maximum Gasteiger partial charge on any atom is 0.146 e. The summed E-state index contributed by atoms with van der Waals surface area (Å²) in [6, 6.07) is 6.71. The SMILES string of the molecule is CCn1ncnc1Cn1ccc2cc(F)ccc21. The van der Waals surface area contributed by atoms with Crippen molar-refractivity contribution in [1.29, 1.82) is 0 Å². The van der Waals surface area contributed by atoms with Gasteiger partial charge in [-0.1, -0.05) is 0 Å². The highest BCUT2D eigenvalue weighted by Gasteiger charge is 2.07. The average Bonchev–Trinajstić information content (AvgIpc) is 2.96. The van der Waals surface area contributed by atoms with Crippen LogP contribution in [-0.2, 0) is 13.1 Å².